The van der Waals surface area contributed by atoms with Crippen molar-refractivity contribution < 1.29 is 9.53 Å². The van der Waals surface area contributed by atoms with Crippen molar-refractivity contribution in [2.75, 3.05) is 0 Å². The summed E-state index contributed by atoms with van der Waals surface area (Å²) in [5, 5.41) is 6.77. The number of nitrogens with zero attached hydrogens (tertiary/aromatic N) is 2. The number of para-hydroxylation sites is 2. The number of ether oxygens (including phenoxy) is 1. The molecular formula is C42H28N2O2. The third-order valence-electron chi connectivity index (χ3n) is 9.05. The molecule has 9 rings (SSSR count). The Labute approximate surface area is 265 Å². The normalized spacial score (nSPS) is 11.7. The van der Waals surface area contributed by atoms with Crippen LogP contribution in [0.5, 0.6) is 0 Å². The van der Waals surface area contributed by atoms with Crippen LogP contribution in [0.1, 0.15) is 5.56 Å². The van der Waals surface area contributed by atoms with Gasteiger partial charge in [0.05, 0.1) is 22.1 Å². The van der Waals surface area contributed by atoms with Gasteiger partial charge >= 0.3 is 6.09 Å². The van der Waals surface area contributed by atoms with E-state index in [2.05, 4.69) is 108 Å². The molecule has 9 aromatic rings. The molecule has 218 valence electrons. The van der Waals surface area contributed by atoms with Gasteiger partial charge in [0.1, 0.15) is 6.61 Å². The highest BCUT2D eigenvalue weighted by atomic mass is 16.5. The van der Waals surface area contributed by atoms with E-state index in [-0.39, 0.29) is 6.61 Å². The molecule has 0 saturated heterocycles. The molecule has 0 fully saturated rings. The number of hydrogen-bond donors (Lipinski definition) is 0. The zero-order valence-electron chi connectivity index (χ0n) is 24.9. The van der Waals surface area contributed by atoms with Gasteiger partial charge in [0.15, 0.2) is 0 Å². The Bertz CT molecular complexity index is 2580. The lowest BCUT2D eigenvalue weighted by Gasteiger charge is -2.12. The Morgan fingerprint density at radius 3 is 1.89 bits per heavy atom. The highest BCUT2D eigenvalue weighted by Gasteiger charge is 2.23. The Balaban J connectivity index is 1.39. The molecule has 4 nitrogen and oxygen atoms in total. The van der Waals surface area contributed by atoms with Crippen molar-refractivity contribution in [1.82, 2.24) is 9.13 Å². The molecule has 0 unspecified atom stereocenters. The van der Waals surface area contributed by atoms with Crippen molar-refractivity contribution in [3.8, 4) is 16.8 Å². The summed E-state index contributed by atoms with van der Waals surface area (Å²) in [6, 6.07) is 54.4. The average Bonchev–Trinajstić information content (AvgIpc) is 3.62. The van der Waals surface area contributed by atoms with E-state index in [0.717, 1.165) is 49.5 Å². The van der Waals surface area contributed by atoms with Crippen molar-refractivity contribution in [3.05, 3.63) is 163 Å². The van der Waals surface area contributed by atoms with E-state index >= 15 is 0 Å². The lowest BCUT2D eigenvalue weighted by Crippen LogP contribution is -2.13. The molecular weight excluding hydrogens is 564 g/mol. The maximum atomic E-state index is 13.9. The van der Waals surface area contributed by atoms with Crippen LogP contribution < -0.4 is 0 Å². The number of hydrogen-bond acceptors (Lipinski definition) is 2. The summed E-state index contributed by atoms with van der Waals surface area (Å²) >= 11 is 0. The van der Waals surface area contributed by atoms with Crippen LogP contribution in [-0.2, 0) is 11.3 Å². The molecule has 0 aliphatic carbocycles. The molecule has 7 aromatic carbocycles. The molecule has 0 bridgehead atoms. The summed E-state index contributed by atoms with van der Waals surface area (Å²) in [5.41, 5.74) is 8.17. The minimum atomic E-state index is -0.395. The second-order valence-electron chi connectivity index (χ2n) is 11.7. The van der Waals surface area contributed by atoms with E-state index in [9.17, 15) is 4.79 Å². The smallest absolute Gasteiger partial charge is 0.419 e. The lowest BCUT2D eigenvalue weighted by molar-refractivity contribution is 0.143. The molecule has 4 heteroatoms. The highest BCUT2D eigenvalue weighted by molar-refractivity contribution is 6.27. The minimum absolute atomic E-state index is 0.203. The third-order valence-corrected chi connectivity index (χ3v) is 9.05. The number of benzene rings is 7. The first-order valence-electron chi connectivity index (χ1n) is 15.5. The van der Waals surface area contributed by atoms with Gasteiger partial charge in [-0.2, -0.15) is 0 Å². The Morgan fingerprint density at radius 2 is 1.13 bits per heavy atom. The van der Waals surface area contributed by atoms with Gasteiger partial charge < -0.3 is 9.30 Å². The second-order valence-corrected chi connectivity index (χ2v) is 11.7. The predicted octanol–water partition coefficient (Wildman–Crippen LogP) is 10.9. The summed E-state index contributed by atoms with van der Waals surface area (Å²) in [6.07, 6.45) is -0.395. The fourth-order valence-electron chi connectivity index (χ4n) is 7.03. The molecule has 0 aliphatic heterocycles. The molecule has 0 radical (unpaired) electrons. The Hall–Kier alpha value is -6.13. The first-order chi connectivity index (χ1) is 22.8. The van der Waals surface area contributed by atoms with E-state index < -0.39 is 6.09 Å². The fourth-order valence-corrected chi connectivity index (χ4v) is 7.03. The molecule has 0 saturated carbocycles. The maximum Gasteiger partial charge on any atom is 0.419 e. The number of carbonyl (C=O) groups is 1. The summed E-state index contributed by atoms with van der Waals surface area (Å²) < 4.78 is 9.98. The number of rotatable bonds is 4. The van der Waals surface area contributed by atoms with Gasteiger partial charge in [-0.15, -0.1) is 0 Å². The molecule has 0 aliphatic rings. The topological polar surface area (TPSA) is 36.2 Å². The van der Waals surface area contributed by atoms with Crippen LogP contribution >= 0.6 is 0 Å². The highest BCUT2D eigenvalue weighted by Crippen LogP contribution is 2.43. The van der Waals surface area contributed by atoms with Gasteiger partial charge in [-0.1, -0.05) is 121 Å². The van der Waals surface area contributed by atoms with Crippen LogP contribution in [0.4, 0.5) is 4.79 Å². The molecule has 2 aromatic heterocycles. The molecule has 2 heterocycles. The van der Waals surface area contributed by atoms with Gasteiger partial charge in [-0.25, -0.2) is 9.36 Å². The number of aromatic nitrogens is 2. The SMILES string of the molecule is O=C(OCc1ccccc1)n1c2ccccc2c2cc3c4c5ccccc5c(-c5ccccc5)cc4n(-c4ccccc4)c3cc21. The van der Waals surface area contributed by atoms with Crippen LogP contribution in [0, 0.1) is 0 Å². The van der Waals surface area contributed by atoms with Crippen LogP contribution in [0.25, 0.3) is 71.2 Å². The zero-order chi connectivity index (χ0) is 30.6. The van der Waals surface area contributed by atoms with Crippen LogP contribution in [0.3, 0.4) is 0 Å². The first kappa shape index (κ1) is 26.3. The summed E-state index contributed by atoms with van der Waals surface area (Å²) in [5.74, 6) is 0. The monoisotopic (exact) mass is 592 g/mol. The van der Waals surface area contributed by atoms with Crippen LogP contribution in [-0.4, -0.2) is 15.2 Å². The largest absolute Gasteiger partial charge is 0.444 e. The first-order valence-corrected chi connectivity index (χ1v) is 15.5. The van der Waals surface area contributed by atoms with Crippen molar-refractivity contribution >= 4 is 60.5 Å². The van der Waals surface area contributed by atoms with Gasteiger partial charge in [0, 0.05) is 27.2 Å². The Kier molecular flexibility index (Phi) is 6.00. The maximum absolute atomic E-state index is 13.9. The standard InChI is InChI=1S/C42H28N2O2/c45-42(46-27-28-14-4-1-5-15-28)44-37-23-13-12-21-32(37)35-24-36-39(26-38(35)44)43(30-18-8-3-9-19-30)40-25-34(29-16-6-2-7-17-29)31-20-10-11-22-33(31)41(36)40/h1-26H,27H2. The third kappa shape index (κ3) is 4.04. The summed E-state index contributed by atoms with van der Waals surface area (Å²) in [7, 11) is 0. The minimum Gasteiger partial charge on any atom is -0.444 e. The van der Waals surface area contributed by atoms with E-state index in [1.54, 1.807) is 4.57 Å². The van der Waals surface area contributed by atoms with Crippen LogP contribution in [0.2, 0.25) is 0 Å². The van der Waals surface area contributed by atoms with Crippen molar-refractivity contribution in [3.63, 3.8) is 0 Å². The van der Waals surface area contributed by atoms with E-state index in [1.807, 2.05) is 54.6 Å². The van der Waals surface area contributed by atoms with Gasteiger partial charge in [0.2, 0.25) is 0 Å². The molecule has 46 heavy (non-hydrogen) atoms. The van der Waals surface area contributed by atoms with Crippen molar-refractivity contribution in [1.29, 1.82) is 0 Å². The number of fused-ring (bicyclic) bond motifs is 8. The molecule has 0 N–H and O–H groups in total. The van der Waals surface area contributed by atoms with Gasteiger partial charge in [0.25, 0.3) is 0 Å². The summed E-state index contributed by atoms with van der Waals surface area (Å²) in [6.45, 7) is 0.203. The lowest BCUT2D eigenvalue weighted by atomic mass is 9.94. The van der Waals surface area contributed by atoms with Gasteiger partial charge in [-0.3, -0.25) is 0 Å². The average molecular weight is 593 g/mol. The van der Waals surface area contributed by atoms with E-state index in [0.29, 0.717) is 0 Å². The fraction of sp³-hybridized carbons (Fsp3) is 0.0238. The van der Waals surface area contributed by atoms with Crippen molar-refractivity contribution in [2.24, 2.45) is 0 Å². The van der Waals surface area contributed by atoms with E-state index in [4.69, 9.17) is 4.74 Å². The zero-order valence-corrected chi connectivity index (χ0v) is 24.9. The van der Waals surface area contributed by atoms with Crippen LogP contribution in [0.15, 0.2) is 158 Å². The quantitative estimate of drug-likeness (QED) is 0.204. The van der Waals surface area contributed by atoms with Gasteiger partial charge in [-0.05, 0) is 63.9 Å². The second kappa shape index (κ2) is 10.5. The van der Waals surface area contributed by atoms with E-state index in [1.165, 1.54) is 27.3 Å². The Morgan fingerprint density at radius 1 is 0.500 bits per heavy atom. The number of carbonyl (C=O) groups excluding carboxylic acids is 1. The predicted molar refractivity (Wildman–Crippen MR) is 189 cm³/mol. The summed E-state index contributed by atoms with van der Waals surface area (Å²) in [4.78, 5) is 13.9. The molecule has 0 amide bonds. The van der Waals surface area contributed by atoms with Crippen molar-refractivity contribution in [2.45, 2.75) is 6.61 Å². The molecule has 0 spiro atoms. The molecule has 0 atom stereocenters.